The van der Waals surface area contributed by atoms with Gasteiger partial charge in [-0.1, -0.05) is 18.5 Å². The van der Waals surface area contributed by atoms with Gasteiger partial charge in [-0.3, -0.25) is 4.79 Å². The van der Waals surface area contributed by atoms with Crippen LogP contribution in [0.2, 0.25) is 5.02 Å². The van der Waals surface area contributed by atoms with Gasteiger partial charge in [0, 0.05) is 49.8 Å². The molecule has 0 spiro atoms. The van der Waals surface area contributed by atoms with Gasteiger partial charge in [-0.2, -0.15) is 0 Å². The largest absolute Gasteiger partial charge is 0.394 e. The lowest BCUT2D eigenvalue weighted by Crippen LogP contribution is -2.37. The third-order valence-corrected chi connectivity index (χ3v) is 8.43. The topological polar surface area (TPSA) is 112 Å². The van der Waals surface area contributed by atoms with Gasteiger partial charge < -0.3 is 24.8 Å². The van der Waals surface area contributed by atoms with E-state index in [0.717, 1.165) is 56.7 Å². The molecular formula is C29H32ClFN8O2. The molecule has 3 aromatic heterocycles. The van der Waals surface area contributed by atoms with Crippen molar-refractivity contribution in [2.24, 2.45) is 0 Å². The number of rotatable bonds is 7. The van der Waals surface area contributed by atoms with E-state index < -0.39 is 5.82 Å². The fourth-order valence-corrected chi connectivity index (χ4v) is 6.01. The van der Waals surface area contributed by atoms with Crippen LogP contribution in [0, 0.1) is 5.82 Å². The highest BCUT2D eigenvalue weighted by atomic mass is 35.5. The van der Waals surface area contributed by atoms with E-state index >= 15 is 4.39 Å². The van der Waals surface area contributed by atoms with Crippen molar-refractivity contribution in [2.75, 3.05) is 36.5 Å². The van der Waals surface area contributed by atoms with Crippen molar-refractivity contribution in [2.45, 2.75) is 51.1 Å². The SMILES string of the molecule is CCc1cnc(N2CCC(n3cc(F)c4c(Nc5ccc(C(=O)N6CCC[C@@H]6CO)cc5Cl)ncnc43)CC2)nc1. The van der Waals surface area contributed by atoms with Crippen LogP contribution in [0.4, 0.5) is 21.8 Å². The molecule has 10 nitrogen and oxygen atoms in total. The van der Waals surface area contributed by atoms with Gasteiger partial charge in [0.1, 0.15) is 17.8 Å². The van der Waals surface area contributed by atoms with Gasteiger partial charge in [-0.15, -0.1) is 0 Å². The fraction of sp³-hybridized carbons (Fsp3) is 0.414. The van der Waals surface area contributed by atoms with Crippen LogP contribution in [0.15, 0.2) is 43.1 Å². The molecule has 1 amide bonds. The normalized spacial score (nSPS) is 17.9. The lowest BCUT2D eigenvalue weighted by Gasteiger charge is -2.32. The summed E-state index contributed by atoms with van der Waals surface area (Å²) < 4.78 is 17.3. The zero-order valence-corrected chi connectivity index (χ0v) is 23.6. The Morgan fingerprint density at radius 3 is 2.61 bits per heavy atom. The molecule has 214 valence electrons. The molecule has 12 heteroatoms. The summed E-state index contributed by atoms with van der Waals surface area (Å²) in [6.07, 6.45) is 10.8. The first-order valence-corrected chi connectivity index (χ1v) is 14.4. The maximum absolute atomic E-state index is 15.4. The highest BCUT2D eigenvalue weighted by Crippen LogP contribution is 2.35. The summed E-state index contributed by atoms with van der Waals surface area (Å²) in [4.78, 5) is 34.6. The van der Waals surface area contributed by atoms with Crippen LogP contribution >= 0.6 is 11.6 Å². The minimum absolute atomic E-state index is 0.0611. The van der Waals surface area contributed by atoms with Crippen LogP contribution in [-0.2, 0) is 6.42 Å². The van der Waals surface area contributed by atoms with Gasteiger partial charge in [0.15, 0.2) is 5.82 Å². The summed E-state index contributed by atoms with van der Waals surface area (Å²) in [6, 6.07) is 4.85. The van der Waals surface area contributed by atoms with Crippen LogP contribution in [0.25, 0.3) is 11.0 Å². The monoisotopic (exact) mass is 578 g/mol. The summed E-state index contributed by atoms with van der Waals surface area (Å²) in [5, 5.41) is 13.3. The Bertz CT molecular complexity index is 1550. The van der Waals surface area contributed by atoms with E-state index in [4.69, 9.17) is 11.6 Å². The molecule has 2 saturated heterocycles. The number of piperidine rings is 1. The van der Waals surface area contributed by atoms with Crippen LogP contribution in [-0.4, -0.2) is 72.7 Å². The predicted octanol–water partition coefficient (Wildman–Crippen LogP) is 4.76. The molecular weight excluding hydrogens is 547 g/mol. The molecule has 2 aliphatic rings. The molecule has 2 N–H and O–H groups in total. The second-order valence-corrected chi connectivity index (χ2v) is 11.0. The molecule has 41 heavy (non-hydrogen) atoms. The first kappa shape index (κ1) is 27.3. The average molecular weight is 579 g/mol. The third kappa shape index (κ3) is 5.31. The highest BCUT2D eigenvalue weighted by Gasteiger charge is 2.29. The molecule has 0 saturated carbocycles. The van der Waals surface area contributed by atoms with Gasteiger partial charge in [-0.25, -0.2) is 24.3 Å². The number of likely N-dealkylation sites (tertiary alicyclic amines) is 1. The number of aromatic nitrogens is 5. The van der Waals surface area contributed by atoms with Gasteiger partial charge in [0.05, 0.1) is 28.7 Å². The molecule has 1 atom stereocenters. The number of nitrogens with zero attached hydrogens (tertiary/aromatic N) is 7. The molecule has 0 radical (unpaired) electrons. The number of nitrogens with one attached hydrogen (secondary N) is 1. The van der Waals surface area contributed by atoms with Crippen molar-refractivity contribution in [3.63, 3.8) is 0 Å². The third-order valence-electron chi connectivity index (χ3n) is 8.12. The Hall–Kier alpha value is -3.83. The number of aryl methyl sites for hydroxylation is 1. The second-order valence-electron chi connectivity index (χ2n) is 10.6. The summed E-state index contributed by atoms with van der Waals surface area (Å²) in [5.41, 5.74) is 2.54. The zero-order valence-electron chi connectivity index (χ0n) is 22.8. The van der Waals surface area contributed by atoms with Crippen LogP contribution in [0.1, 0.15) is 54.6 Å². The van der Waals surface area contributed by atoms with E-state index in [9.17, 15) is 9.90 Å². The Kier molecular flexibility index (Phi) is 7.72. The Morgan fingerprint density at radius 1 is 1.12 bits per heavy atom. The minimum Gasteiger partial charge on any atom is -0.394 e. The summed E-state index contributed by atoms with van der Waals surface area (Å²) in [5.74, 6) is 0.430. The van der Waals surface area contributed by atoms with Crippen LogP contribution in [0.5, 0.6) is 0 Å². The minimum atomic E-state index is -0.420. The number of amides is 1. The lowest BCUT2D eigenvalue weighted by atomic mass is 10.1. The Labute approximate surface area is 242 Å². The number of hydrogen-bond acceptors (Lipinski definition) is 8. The number of aliphatic hydroxyl groups is 1. The molecule has 2 aliphatic heterocycles. The van der Waals surface area contributed by atoms with Gasteiger partial charge in [-0.05, 0) is 55.9 Å². The summed E-state index contributed by atoms with van der Waals surface area (Å²) in [6.45, 7) is 4.13. The average Bonchev–Trinajstić information content (AvgIpc) is 3.63. The predicted molar refractivity (Wildman–Crippen MR) is 155 cm³/mol. The van der Waals surface area contributed by atoms with E-state index in [1.165, 1.54) is 12.5 Å². The van der Waals surface area contributed by atoms with E-state index in [1.54, 1.807) is 23.1 Å². The maximum atomic E-state index is 15.4. The van der Waals surface area contributed by atoms with Gasteiger partial charge in [0.25, 0.3) is 5.91 Å². The smallest absolute Gasteiger partial charge is 0.254 e. The van der Waals surface area contributed by atoms with Crippen LogP contribution in [0.3, 0.4) is 0 Å². The van der Waals surface area contributed by atoms with Crippen molar-refractivity contribution in [1.82, 2.24) is 29.4 Å². The van der Waals surface area contributed by atoms with Crippen molar-refractivity contribution in [3.8, 4) is 0 Å². The summed E-state index contributed by atoms with van der Waals surface area (Å²) >= 11 is 6.56. The van der Waals surface area contributed by atoms with Crippen molar-refractivity contribution in [1.29, 1.82) is 0 Å². The Balaban J connectivity index is 1.19. The first-order chi connectivity index (χ1) is 20.0. The molecule has 0 aliphatic carbocycles. The second kappa shape index (κ2) is 11.6. The number of halogens is 2. The van der Waals surface area contributed by atoms with Crippen molar-refractivity contribution >= 4 is 46.0 Å². The number of aliphatic hydroxyl groups excluding tert-OH is 1. The van der Waals surface area contributed by atoms with Gasteiger partial charge in [0.2, 0.25) is 5.95 Å². The molecule has 4 aromatic rings. The van der Waals surface area contributed by atoms with E-state index in [-0.39, 0.29) is 30.0 Å². The lowest BCUT2D eigenvalue weighted by molar-refractivity contribution is 0.0677. The molecule has 5 heterocycles. The van der Waals surface area contributed by atoms with Gasteiger partial charge >= 0.3 is 0 Å². The molecule has 1 aromatic carbocycles. The molecule has 6 rings (SSSR count). The number of anilines is 3. The number of benzene rings is 1. The standard InChI is InChI=1S/C29H32ClFN8O2/c1-2-18-13-32-29(33-14-18)37-10-7-20(8-11-37)39-15-23(31)25-26(34-17-35-27(25)39)36-24-6-5-19(12-22(24)30)28(41)38-9-3-4-21(38)16-40/h5-6,12-15,17,20-21,40H,2-4,7-11,16H2,1H3,(H,34,35,36)/t21-/m1/s1. The van der Waals surface area contributed by atoms with E-state index in [0.29, 0.717) is 34.3 Å². The first-order valence-electron chi connectivity index (χ1n) is 14.0. The number of carbonyl (C=O) groups excluding carboxylic acids is 1. The van der Waals surface area contributed by atoms with E-state index in [2.05, 4.69) is 37.1 Å². The summed E-state index contributed by atoms with van der Waals surface area (Å²) in [7, 11) is 0. The van der Waals surface area contributed by atoms with Crippen LogP contribution < -0.4 is 10.2 Å². The highest BCUT2D eigenvalue weighted by molar-refractivity contribution is 6.33. The molecule has 0 bridgehead atoms. The van der Waals surface area contributed by atoms with E-state index in [1.807, 2.05) is 17.0 Å². The maximum Gasteiger partial charge on any atom is 0.254 e. The Morgan fingerprint density at radius 2 is 1.90 bits per heavy atom. The van der Waals surface area contributed by atoms with Crippen molar-refractivity contribution in [3.05, 3.63) is 65.1 Å². The number of hydrogen-bond donors (Lipinski definition) is 2. The fourth-order valence-electron chi connectivity index (χ4n) is 5.79. The number of fused-ring (bicyclic) bond motifs is 1. The molecule has 2 fully saturated rings. The van der Waals surface area contributed by atoms with Crippen molar-refractivity contribution < 1.29 is 14.3 Å². The number of carbonyl (C=O) groups is 1. The quantitative estimate of drug-likeness (QED) is 0.323. The molecule has 0 unspecified atom stereocenters. The zero-order chi connectivity index (χ0) is 28.5.